The van der Waals surface area contributed by atoms with E-state index in [1.807, 2.05) is 6.92 Å². The minimum atomic E-state index is -4.64. The molecule has 0 bridgehead atoms. The summed E-state index contributed by atoms with van der Waals surface area (Å²) in [4.78, 5) is 24.2. The van der Waals surface area contributed by atoms with E-state index in [1.165, 1.54) is 17.2 Å². The van der Waals surface area contributed by atoms with Crippen LogP contribution in [0, 0.1) is 11.3 Å². The first-order valence-electron chi connectivity index (χ1n) is 14.0. The number of thiol groups is 1. The normalized spacial score (nSPS) is 16.3. The molecule has 0 spiro atoms. The Morgan fingerprint density at radius 2 is 1.89 bits per heavy atom. The number of rotatable bonds is 8. The number of aromatic nitrogens is 5. The summed E-state index contributed by atoms with van der Waals surface area (Å²) in [5, 5.41) is 14.2. The van der Waals surface area contributed by atoms with E-state index >= 15 is 0 Å². The Hall–Kier alpha value is -4.06. The number of fused-ring (bicyclic) bond motifs is 1. The van der Waals surface area contributed by atoms with Gasteiger partial charge in [-0.25, -0.2) is 9.97 Å². The molecule has 1 aliphatic rings. The average Bonchev–Trinajstić information content (AvgIpc) is 3.54. The van der Waals surface area contributed by atoms with E-state index in [0.717, 1.165) is 17.9 Å². The minimum absolute atomic E-state index is 0.0167. The van der Waals surface area contributed by atoms with Crippen molar-refractivity contribution in [1.29, 1.82) is 5.26 Å². The summed E-state index contributed by atoms with van der Waals surface area (Å²) in [6.07, 6.45) is 7.39. The van der Waals surface area contributed by atoms with Crippen LogP contribution in [-0.4, -0.2) is 74.2 Å². The molecule has 0 fully saturated rings. The average molecular weight is 663 g/mol. The molecule has 1 unspecified atom stereocenters. The first kappa shape index (κ1) is 32.3. The van der Waals surface area contributed by atoms with Gasteiger partial charge in [-0.1, -0.05) is 11.6 Å². The van der Waals surface area contributed by atoms with Crippen molar-refractivity contribution in [1.82, 2.24) is 24.3 Å². The number of benzene rings is 1. The molecule has 4 aromatic rings. The van der Waals surface area contributed by atoms with Crippen molar-refractivity contribution in [3.63, 3.8) is 0 Å². The van der Waals surface area contributed by atoms with Crippen molar-refractivity contribution in [2.24, 2.45) is 0 Å². The number of anilines is 2. The molecule has 0 saturated carbocycles. The number of carbonyl (C=O) groups is 1. The van der Waals surface area contributed by atoms with Crippen molar-refractivity contribution in [2.45, 2.75) is 25.9 Å². The maximum Gasteiger partial charge on any atom is 0.417 e. The van der Waals surface area contributed by atoms with Gasteiger partial charge in [0.05, 0.1) is 40.7 Å². The number of pyridine rings is 1. The quantitative estimate of drug-likeness (QED) is 0.182. The zero-order valence-corrected chi connectivity index (χ0v) is 27.1. The van der Waals surface area contributed by atoms with E-state index in [0.29, 0.717) is 35.1 Å². The van der Waals surface area contributed by atoms with Gasteiger partial charge in [0.1, 0.15) is 30.1 Å². The largest absolute Gasteiger partial charge is 0.417 e. The molecular formula is C30H34ClF3N8O2S. The molecule has 15 heteroatoms. The van der Waals surface area contributed by atoms with Crippen LogP contribution in [0.5, 0.6) is 0 Å². The molecule has 3 aromatic heterocycles. The fourth-order valence-corrected chi connectivity index (χ4v) is 6.17. The van der Waals surface area contributed by atoms with Crippen LogP contribution in [0.15, 0.2) is 42.7 Å². The summed E-state index contributed by atoms with van der Waals surface area (Å²) >= 11 is 6.00. The monoisotopic (exact) mass is 662 g/mol. The van der Waals surface area contributed by atoms with Gasteiger partial charge in [-0.2, -0.15) is 23.5 Å². The molecule has 1 aliphatic heterocycles. The molecule has 0 aliphatic carbocycles. The number of hydrogen-bond donors (Lipinski definition) is 2. The lowest BCUT2D eigenvalue weighted by Gasteiger charge is -2.46. The van der Waals surface area contributed by atoms with E-state index in [1.54, 1.807) is 27.6 Å². The fraction of sp³-hybridized carbons (Fsp3) is 0.367. The topological polar surface area (TPSA) is 128 Å². The van der Waals surface area contributed by atoms with Crippen molar-refractivity contribution in [3.05, 3.63) is 64.7 Å². The summed E-state index contributed by atoms with van der Waals surface area (Å²) in [7, 11) is -1.87. The second-order valence-corrected chi connectivity index (χ2v) is 21.9. The van der Waals surface area contributed by atoms with Crippen LogP contribution in [-0.2, 0) is 17.6 Å². The molecule has 0 saturated heterocycles. The number of hydrogen-bond acceptors (Lipinski definition) is 7. The van der Waals surface area contributed by atoms with Gasteiger partial charge in [0.25, 0.3) is 5.91 Å². The van der Waals surface area contributed by atoms with Crippen LogP contribution in [0.4, 0.5) is 24.7 Å². The molecule has 1 amide bonds. The number of nitriles is 1. The predicted octanol–water partition coefficient (Wildman–Crippen LogP) is 5.72. The number of nitrogen functional groups attached to an aromatic ring is 1. The molecule has 1 atom stereocenters. The second-order valence-electron chi connectivity index (χ2n) is 13.1. The highest BCUT2D eigenvalue weighted by Crippen LogP contribution is 2.54. The third kappa shape index (κ3) is 6.66. The van der Waals surface area contributed by atoms with Crippen LogP contribution in [0.1, 0.15) is 34.7 Å². The predicted molar refractivity (Wildman–Crippen MR) is 172 cm³/mol. The summed E-state index contributed by atoms with van der Waals surface area (Å²) in [5.41, 5.74) is 6.42. The SMILES string of the molecule is CC1CN(c2ccc(C(F)(F)F)c(Cl)c2)C(=O)c2c(-c3c(C#N)nc(-c4ccc(N)nc4)n3COCC[SH](C)(C)(C)C)cnn21. The number of carbonyl (C=O) groups excluding carboxylic acids is 1. The van der Waals surface area contributed by atoms with Gasteiger partial charge in [0, 0.05) is 24.0 Å². The summed E-state index contributed by atoms with van der Waals surface area (Å²) in [6.45, 7) is 2.45. The fourth-order valence-electron chi connectivity index (χ4n) is 5.03. The molecule has 10 nitrogen and oxygen atoms in total. The molecule has 0 radical (unpaired) electrons. The lowest BCUT2D eigenvalue weighted by molar-refractivity contribution is -0.137. The van der Waals surface area contributed by atoms with Crippen LogP contribution >= 0.6 is 20.8 Å². The molecule has 1 aromatic carbocycles. The van der Waals surface area contributed by atoms with Crippen LogP contribution in [0.25, 0.3) is 22.6 Å². The van der Waals surface area contributed by atoms with E-state index < -0.39 is 31.8 Å². The van der Waals surface area contributed by atoms with E-state index in [4.69, 9.17) is 22.1 Å². The molecule has 2 N–H and O–H groups in total. The number of ether oxygens (including phenoxy) is 1. The number of nitrogens with two attached hydrogens (primary N) is 1. The second kappa shape index (κ2) is 11.4. The van der Waals surface area contributed by atoms with Gasteiger partial charge in [-0.05, 0) is 68.0 Å². The Morgan fingerprint density at radius 3 is 2.49 bits per heavy atom. The van der Waals surface area contributed by atoms with Gasteiger partial charge >= 0.3 is 6.18 Å². The highest BCUT2D eigenvalue weighted by Gasteiger charge is 2.38. The number of nitrogens with zero attached hydrogens (tertiary/aromatic N) is 7. The van der Waals surface area contributed by atoms with Crippen molar-refractivity contribution in [3.8, 4) is 28.7 Å². The first-order valence-corrected chi connectivity index (χ1v) is 18.6. The molecule has 5 rings (SSSR count). The maximum absolute atomic E-state index is 14.1. The van der Waals surface area contributed by atoms with Crippen LogP contribution < -0.4 is 10.6 Å². The van der Waals surface area contributed by atoms with E-state index in [9.17, 15) is 23.2 Å². The van der Waals surface area contributed by atoms with E-state index in [2.05, 4.69) is 46.2 Å². The van der Waals surface area contributed by atoms with Crippen molar-refractivity contribution in [2.75, 3.05) is 54.6 Å². The third-order valence-corrected chi connectivity index (χ3v) is 9.68. The van der Waals surface area contributed by atoms with E-state index in [-0.39, 0.29) is 36.4 Å². The van der Waals surface area contributed by atoms with Gasteiger partial charge in [-0.15, -0.1) is 0 Å². The lowest BCUT2D eigenvalue weighted by Crippen LogP contribution is -2.43. The Balaban J connectivity index is 1.61. The standard InChI is InChI=1S/C30H34ClF3N8O2S/c1-18-16-40(20-7-8-22(23(31)12-20)30(32,33)34)29(43)27-21(15-38-42(18)27)26-24(13-35)39-28(19-6-9-25(36)37-14-19)41(26)17-44-10-11-45(2,3,4)5/h6-9,12,14-15,18,45H,10-11,16-17H2,1-5H3,(H2,36,37). The molecule has 45 heavy (non-hydrogen) atoms. The minimum Gasteiger partial charge on any atom is -0.384 e. The Morgan fingerprint density at radius 1 is 1.16 bits per heavy atom. The summed E-state index contributed by atoms with van der Waals surface area (Å²) in [5.74, 6) is 1.04. The third-order valence-electron chi connectivity index (χ3n) is 7.40. The zero-order valence-electron chi connectivity index (χ0n) is 25.4. The zero-order chi connectivity index (χ0) is 32.9. The molecule has 4 heterocycles. The smallest absolute Gasteiger partial charge is 0.384 e. The van der Waals surface area contributed by atoms with Gasteiger partial charge in [-0.3, -0.25) is 23.2 Å². The summed E-state index contributed by atoms with van der Waals surface area (Å²) in [6, 6.07) is 8.33. The lowest BCUT2D eigenvalue weighted by atomic mass is 10.1. The Labute approximate surface area is 263 Å². The Kier molecular flexibility index (Phi) is 8.18. The van der Waals surface area contributed by atoms with Crippen molar-refractivity contribution >= 4 is 38.2 Å². The number of amides is 1. The highest BCUT2D eigenvalue weighted by molar-refractivity contribution is 8.47. The van der Waals surface area contributed by atoms with Crippen LogP contribution in [0.2, 0.25) is 5.02 Å². The number of alkyl halides is 3. The Bertz CT molecular complexity index is 1810. The number of halogens is 4. The number of imidazole rings is 1. The molecular weight excluding hydrogens is 629 g/mol. The van der Waals surface area contributed by atoms with Crippen molar-refractivity contribution < 1.29 is 22.7 Å². The van der Waals surface area contributed by atoms with Gasteiger partial charge in [0.2, 0.25) is 0 Å². The highest BCUT2D eigenvalue weighted by atomic mass is 35.5. The van der Waals surface area contributed by atoms with Gasteiger partial charge < -0.3 is 15.4 Å². The van der Waals surface area contributed by atoms with Crippen LogP contribution in [0.3, 0.4) is 0 Å². The first-order chi connectivity index (χ1) is 20.9. The molecule has 240 valence electrons. The maximum atomic E-state index is 14.1. The summed E-state index contributed by atoms with van der Waals surface area (Å²) < 4.78 is 49.5. The van der Waals surface area contributed by atoms with Gasteiger partial charge in [0.15, 0.2) is 5.69 Å².